The van der Waals surface area contributed by atoms with Gasteiger partial charge in [0.1, 0.15) is 6.04 Å². The maximum absolute atomic E-state index is 12.4. The lowest BCUT2D eigenvalue weighted by molar-refractivity contribution is -0.155. The van der Waals surface area contributed by atoms with Crippen molar-refractivity contribution in [2.45, 2.75) is 37.8 Å². The van der Waals surface area contributed by atoms with E-state index in [1.807, 2.05) is 6.26 Å². The van der Waals surface area contributed by atoms with Crippen molar-refractivity contribution in [3.63, 3.8) is 0 Å². The quantitative estimate of drug-likeness (QED) is 0.748. The molecule has 0 saturated heterocycles. The van der Waals surface area contributed by atoms with Crippen LogP contribution in [-0.4, -0.2) is 41.8 Å². The molecule has 1 aliphatic rings. The lowest BCUT2D eigenvalue weighted by atomic mass is 10.1. The fraction of sp³-hybridized carbons (Fsp3) is 0.471. The molecule has 0 unspecified atom stereocenters. The number of halogens is 1. The predicted octanol–water partition coefficient (Wildman–Crippen LogP) is 2.86. The minimum Gasteiger partial charge on any atom is -0.453 e. The normalized spacial score (nSPS) is 18.2. The number of hydrogen-bond donors (Lipinski definition) is 1. The summed E-state index contributed by atoms with van der Waals surface area (Å²) in [6, 6.07) is 5.64. The number of nitrogens with one attached hydrogen (secondary N) is 1. The van der Waals surface area contributed by atoms with Gasteiger partial charge in [0.2, 0.25) is 0 Å². The van der Waals surface area contributed by atoms with Crippen LogP contribution < -0.4 is 5.32 Å². The van der Waals surface area contributed by atoms with E-state index in [2.05, 4.69) is 5.32 Å². The van der Waals surface area contributed by atoms with Crippen molar-refractivity contribution in [1.29, 1.82) is 0 Å². The number of esters is 1. The average molecular weight is 370 g/mol. The maximum atomic E-state index is 12.4. The second kappa shape index (κ2) is 9.08. The van der Waals surface area contributed by atoms with Crippen LogP contribution in [0.1, 0.15) is 36.0 Å². The Morgan fingerprint density at radius 2 is 2.08 bits per heavy atom. The molecule has 0 bridgehead atoms. The van der Waals surface area contributed by atoms with E-state index in [1.165, 1.54) is 0 Å². The standard InChI is InChI=1S/C17H20ClNO4S/c1-24-10-9-13(17(22)23-15-4-2-3-14(15)20)19-16(21)11-5-7-12(18)8-6-11/h5-8,13,15H,2-4,9-10H2,1H3,(H,19,21)/t13-,15-/m1/s1. The van der Waals surface area contributed by atoms with Crippen LogP contribution in [0.4, 0.5) is 0 Å². The summed E-state index contributed by atoms with van der Waals surface area (Å²) in [5.41, 5.74) is 0.415. The van der Waals surface area contributed by atoms with E-state index in [0.717, 1.165) is 6.42 Å². The molecule has 130 valence electrons. The molecule has 0 radical (unpaired) electrons. The topological polar surface area (TPSA) is 72.5 Å². The molecular weight excluding hydrogens is 350 g/mol. The first kappa shape index (κ1) is 18.8. The number of Topliss-reactive ketones (excluding diaryl/α,β-unsaturated/α-hetero) is 1. The molecule has 1 aliphatic carbocycles. The molecule has 5 nitrogen and oxygen atoms in total. The third kappa shape index (κ3) is 5.24. The third-order valence-corrected chi connectivity index (χ3v) is 4.71. The van der Waals surface area contributed by atoms with E-state index in [0.29, 0.717) is 35.6 Å². The first-order chi connectivity index (χ1) is 11.5. The molecule has 2 rings (SSSR count). The van der Waals surface area contributed by atoms with Gasteiger partial charge in [0, 0.05) is 17.0 Å². The molecule has 0 aromatic heterocycles. The molecule has 1 aromatic carbocycles. The van der Waals surface area contributed by atoms with Crippen molar-refractivity contribution in [2.75, 3.05) is 12.0 Å². The first-order valence-corrected chi connectivity index (χ1v) is 9.57. The molecule has 2 atom stereocenters. The Hall–Kier alpha value is -1.53. The number of amides is 1. The van der Waals surface area contributed by atoms with Crippen LogP contribution >= 0.6 is 23.4 Å². The summed E-state index contributed by atoms with van der Waals surface area (Å²) in [5.74, 6) is -0.269. The number of carbonyl (C=O) groups excluding carboxylic acids is 3. The summed E-state index contributed by atoms with van der Waals surface area (Å²) in [5, 5.41) is 3.23. The van der Waals surface area contributed by atoms with E-state index in [4.69, 9.17) is 16.3 Å². The minimum atomic E-state index is -0.769. The highest BCUT2D eigenvalue weighted by Crippen LogP contribution is 2.19. The monoisotopic (exact) mass is 369 g/mol. The van der Waals surface area contributed by atoms with E-state index in [1.54, 1.807) is 36.0 Å². The van der Waals surface area contributed by atoms with Crippen LogP contribution in [-0.2, 0) is 14.3 Å². The number of carbonyl (C=O) groups is 3. The number of ether oxygens (including phenoxy) is 1. The zero-order valence-corrected chi connectivity index (χ0v) is 15.0. The van der Waals surface area contributed by atoms with Crippen LogP contribution in [0.5, 0.6) is 0 Å². The highest BCUT2D eigenvalue weighted by Gasteiger charge is 2.31. The van der Waals surface area contributed by atoms with Crippen molar-refractivity contribution in [3.8, 4) is 0 Å². The smallest absolute Gasteiger partial charge is 0.329 e. The van der Waals surface area contributed by atoms with Gasteiger partial charge >= 0.3 is 5.97 Å². The van der Waals surface area contributed by atoms with E-state index < -0.39 is 18.1 Å². The summed E-state index contributed by atoms with van der Waals surface area (Å²) in [6.07, 6.45) is 3.45. The molecular formula is C17H20ClNO4S. The molecule has 1 amide bonds. The number of hydrogen-bond acceptors (Lipinski definition) is 5. The average Bonchev–Trinajstić information content (AvgIpc) is 2.96. The Balaban J connectivity index is 2.00. The predicted molar refractivity (Wildman–Crippen MR) is 94.4 cm³/mol. The second-order valence-corrected chi connectivity index (χ2v) is 7.02. The molecule has 0 heterocycles. The van der Waals surface area contributed by atoms with Crippen LogP contribution in [0.25, 0.3) is 0 Å². The molecule has 0 spiro atoms. The van der Waals surface area contributed by atoms with Gasteiger partial charge in [-0.25, -0.2) is 4.79 Å². The summed E-state index contributed by atoms with van der Waals surface area (Å²) < 4.78 is 5.31. The highest BCUT2D eigenvalue weighted by atomic mass is 35.5. The first-order valence-electron chi connectivity index (χ1n) is 7.80. The lowest BCUT2D eigenvalue weighted by Gasteiger charge is -2.19. The van der Waals surface area contributed by atoms with Crippen LogP contribution in [0.15, 0.2) is 24.3 Å². The zero-order chi connectivity index (χ0) is 17.5. The largest absolute Gasteiger partial charge is 0.453 e. The number of benzene rings is 1. The van der Waals surface area contributed by atoms with Crippen molar-refractivity contribution < 1.29 is 19.1 Å². The Morgan fingerprint density at radius 1 is 1.38 bits per heavy atom. The Kier molecular flexibility index (Phi) is 7.12. The lowest BCUT2D eigenvalue weighted by Crippen LogP contribution is -2.43. The number of rotatable bonds is 7. The van der Waals surface area contributed by atoms with Gasteiger partial charge in [0.25, 0.3) is 5.91 Å². The summed E-state index contributed by atoms with van der Waals surface area (Å²) in [7, 11) is 0. The summed E-state index contributed by atoms with van der Waals surface area (Å²) in [6.45, 7) is 0. The molecule has 7 heteroatoms. The fourth-order valence-electron chi connectivity index (χ4n) is 2.46. The van der Waals surface area contributed by atoms with Gasteiger partial charge in [0.05, 0.1) is 0 Å². The zero-order valence-electron chi connectivity index (χ0n) is 13.4. The highest BCUT2D eigenvalue weighted by molar-refractivity contribution is 7.98. The van der Waals surface area contributed by atoms with Gasteiger partial charge in [-0.3, -0.25) is 9.59 Å². The third-order valence-electron chi connectivity index (χ3n) is 3.81. The van der Waals surface area contributed by atoms with Crippen molar-refractivity contribution in [3.05, 3.63) is 34.9 Å². The maximum Gasteiger partial charge on any atom is 0.329 e. The van der Waals surface area contributed by atoms with Gasteiger partial charge < -0.3 is 10.1 Å². The van der Waals surface area contributed by atoms with Crippen LogP contribution in [0.2, 0.25) is 5.02 Å². The molecule has 0 aliphatic heterocycles. The van der Waals surface area contributed by atoms with Crippen LogP contribution in [0.3, 0.4) is 0 Å². The van der Waals surface area contributed by atoms with E-state index in [9.17, 15) is 14.4 Å². The molecule has 1 aromatic rings. The van der Waals surface area contributed by atoms with Gasteiger partial charge in [-0.2, -0.15) is 11.8 Å². The second-order valence-electron chi connectivity index (χ2n) is 5.60. The molecule has 24 heavy (non-hydrogen) atoms. The van der Waals surface area contributed by atoms with Crippen LogP contribution in [0, 0.1) is 0 Å². The number of ketones is 1. The number of thioether (sulfide) groups is 1. The van der Waals surface area contributed by atoms with E-state index >= 15 is 0 Å². The summed E-state index contributed by atoms with van der Waals surface area (Å²) in [4.78, 5) is 36.3. The fourth-order valence-corrected chi connectivity index (χ4v) is 3.06. The van der Waals surface area contributed by atoms with Gasteiger partial charge in [-0.1, -0.05) is 11.6 Å². The van der Waals surface area contributed by atoms with Gasteiger partial charge in [-0.05, 0) is 55.5 Å². The SMILES string of the molecule is CSCC[C@@H](NC(=O)c1ccc(Cl)cc1)C(=O)O[C@@H]1CCCC1=O. The Labute approximate surface area is 150 Å². The van der Waals surface area contributed by atoms with E-state index in [-0.39, 0.29) is 11.7 Å². The molecule has 1 saturated carbocycles. The summed E-state index contributed by atoms with van der Waals surface area (Å²) >= 11 is 7.38. The van der Waals surface area contributed by atoms with Crippen molar-refractivity contribution in [2.24, 2.45) is 0 Å². The van der Waals surface area contributed by atoms with Crippen molar-refractivity contribution >= 4 is 41.0 Å². The molecule has 1 N–H and O–H groups in total. The van der Waals surface area contributed by atoms with Gasteiger partial charge in [0.15, 0.2) is 11.9 Å². The Morgan fingerprint density at radius 3 is 2.67 bits per heavy atom. The van der Waals surface area contributed by atoms with Crippen molar-refractivity contribution in [1.82, 2.24) is 5.32 Å². The Bertz CT molecular complexity index is 605. The van der Waals surface area contributed by atoms with Gasteiger partial charge in [-0.15, -0.1) is 0 Å². The molecule has 1 fully saturated rings. The minimum absolute atomic E-state index is 0.0454.